The van der Waals surface area contributed by atoms with Crippen LogP contribution in [-0.2, 0) is 10.9 Å². The number of hydrogen-bond donors (Lipinski definition) is 1. The molecule has 0 radical (unpaired) electrons. The molecule has 0 aliphatic heterocycles. The van der Waals surface area contributed by atoms with Crippen molar-refractivity contribution in [3.8, 4) is 6.07 Å². The third-order valence-corrected chi connectivity index (χ3v) is 2.42. The summed E-state index contributed by atoms with van der Waals surface area (Å²) in [7, 11) is 0. The van der Waals surface area contributed by atoms with Gasteiger partial charge >= 0.3 is 6.18 Å². The predicted octanol–water partition coefficient (Wildman–Crippen LogP) is 3.80. The molecule has 0 aliphatic carbocycles. The van der Waals surface area contributed by atoms with Gasteiger partial charge in [-0.3, -0.25) is 0 Å². The zero-order chi connectivity index (χ0) is 15.4. The molecule has 0 spiro atoms. The minimum atomic E-state index is -4.44. The van der Waals surface area contributed by atoms with Crippen molar-refractivity contribution >= 4 is 5.69 Å². The molecule has 0 bridgehead atoms. The van der Waals surface area contributed by atoms with E-state index in [4.69, 9.17) is 10.00 Å². The van der Waals surface area contributed by atoms with Gasteiger partial charge in [-0.2, -0.15) is 18.4 Å². The van der Waals surface area contributed by atoms with Crippen LogP contribution in [0.1, 0.15) is 31.9 Å². The van der Waals surface area contributed by atoms with E-state index in [-0.39, 0.29) is 11.2 Å². The molecule has 0 saturated heterocycles. The maximum absolute atomic E-state index is 12.5. The van der Waals surface area contributed by atoms with Crippen LogP contribution >= 0.6 is 0 Å². The summed E-state index contributed by atoms with van der Waals surface area (Å²) in [5.41, 5.74) is -0.765. The maximum atomic E-state index is 12.5. The topological polar surface area (TPSA) is 45.0 Å². The Morgan fingerprint density at radius 1 is 1.25 bits per heavy atom. The smallest absolute Gasteiger partial charge is 0.382 e. The Labute approximate surface area is 116 Å². The van der Waals surface area contributed by atoms with Crippen LogP contribution in [0.2, 0.25) is 0 Å². The molecule has 20 heavy (non-hydrogen) atoms. The second kappa shape index (κ2) is 6.14. The van der Waals surface area contributed by atoms with Crippen LogP contribution in [0.15, 0.2) is 18.2 Å². The SMILES string of the molecule is CC(C)(C)OCCNc1ccc(C(F)(F)F)cc1C#N. The standard InChI is InChI=1S/C14H17F3N2O/c1-13(2,3)20-7-6-19-12-5-4-11(14(15,16)17)8-10(12)9-18/h4-5,8,19H,6-7H2,1-3H3. The summed E-state index contributed by atoms with van der Waals surface area (Å²) in [6.45, 7) is 6.54. The number of nitrogens with one attached hydrogen (secondary N) is 1. The van der Waals surface area contributed by atoms with Gasteiger partial charge in [-0.05, 0) is 39.0 Å². The van der Waals surface area contributed by atoms with Crippen molar-refractivity contribution in [2.75, 3.05) is 18.5 Å². The quantitative estimate of drug-likeness (QED) is 0.856. The molecule has 0 aromatic heterocycles. The number of ether oxygens (including phenoxy) is 1. The van der Waals surface area contributed by atoms with Gasteiger partial charge in [0.1, 0.15) is 6.07 Å². The van der Waals surface area contributed by atoms with Crippen molar-refractivity contribution in [3.05, 3.63) is 29.3 Å². The third-order valence-electron chi connectivity index (χ3n) is 2.42. The van der Waals surface area contributed by atoms with E-state index >= 15 is 0 Å². The van der Waals surface area contributed by atoms with Crippen LogP contribution in [0, 0.1) is 11.3 Å². The molecule has 1 aromatic rings. The van der Waals surface area contributed by atoms with Crippen molar-refractivity contribution in [1.29, 1.82) is 5.26 Å². The Kier molecular flexibility index (Phi) is 5.01. The highest BCUT2D eigenvalue weighted by atomic mass is 19.4. The van der Waals surface area contributed by atoms with Crippen LogP contribution in [0.3, 0.4) is 0 Å². The largest absolute Gasteiger partial charge is 0.416 e. The molecule has 0 amide bonds. The lowest BCUT2D eigenvalue weighted by Crippen LogP contribution is -2.23. The molecule has 1 N–H and O–H groups in total. The number of benzene rings is 1. The third kappa shape index (κ3) is 5.10. The molecule has 110 valence electrons. The summed E-state index contributed by atoms with van der Waals surface area (Å²) in [5.74, 6) is 0. The lowest BCUT2D eigenvalue weighted by atomic mass is 10.1. The second-order valence-corrected chi connectivity index (χ2v) is 5.26. The summed E-state index contributed by atoms with van der Waals surface area (Å²) >= 11 is 0. The molecule has 0 saturated carbocycles. The highest BCUT2D eigenvalue weighted by molar-refractivity contribution is 5.58. The van der Waals surface area contributed by atoms with E-state index in [0.29, 0.717) is 18.8 Å². The molecular weight excluding hydrogens is 269 g/mol. The molecule has 0 fully saturated rings. The second-order valence-electron chi connectivity index (χ2n) is 5.26. The lowest BCUT2D eigenvalue weighted by Gasteiger charge is -2.20. The number of rotatable bonds is 4. The fraction of sp³-hybridized carbons (Fsp3) is 0.500. The Balaban J connectivity index is 2.70. The van der Waals surface area contributed by atoms with Crippen molar-refractivity contribution < 1.29 is 17.9 Å². The Morgan fingerprint density at radius 2 is 1.90 bits per heavy atom. The summed E-state index contributed by atoms with van der Waals surface area (Å²) in [6, 6.07) is 4.82. The number of alkyl halides is 3. The fourth-order valence-corrected chi connectivity index (χ4v) is 1.51. The normalized spacial score (nSPS) is 12.1. The summed E-state index contributed by atoms with van der Waals surface area (Å²) in [5, 5.41) is 11.8. The predicted molar refractivity (Wildman–Crippen MR) is 70.4 cm³/mol. The van der Waals surface area contributed by atoms with Crippen molar-refractivity contribution in [2.45, 2.75) is 32.5 Å². The van der Waals surface area contributed by atoms with Gasteiger partial charge in [0.2, 0.25) is 0 Å². The summed E-state index contributed by atoms with van der Waals surface area (Å²) < 4.78 is 43.0. The highest BCUT2D eigenvalue weighted by Gasteiger charge is 2.31. The molecule has 0 aliphatic rings. The molecule has 1 aromatic carbocycles. The van der Waals surface area contributed by atoms with E-state index in [1.807, 2.05) is 20.8 Å². The van der Waals surface area contributed by atoms with E-state index in [1.165, 1.54) is 6.07 Å². The molecule has 0 atom stereocenters. The lowest BCUT2D eigenvalue weighted by molar-refractivity contribution is -0.137. The average molecular weight is 286 g/mol. The average Bonchev–Trinajstić information content (AvgIpc) is 2.32. The molecule has 0 heterocycles. The van der Waals surface area contributed by atoms with Crippen molar-refractivity contribution in [1.82, 2.24) is 0 Å². The first kappa shape index (κ1) is 16.3. The maximum Gasteiger partial charge on any atom is 0.416 e. The van der Waals surface area contributed by atoms with Gasteiger partial charge in [0.15, 0.2) is 0 Å². The number of hydrogen-bond acceptors (Lipinski definition) is 3. The molecule has 3 nitrogen and oxygen atoms in total. The number of nitrogens with zero attached hydrogens (tertiary/aromatic N) is 1. The van der Waals surface area contributed by atoms with Gasteiger partial charge in [-0.15, -0.1) is 0 Å². The number of anilines is 1. The molecule has 6 heteroatoms. The number of nitriles is 1. The van der Waals surface area contributed by atoms with E-state index in [2.05, 4.69) is 5.32 Å². The van der Waals surface area contributed by atoms with Crippen LogP contribution < -0.4 is 5.32 Å². The molecule has 1 rings (SSSR count). The first-order chi connectivity index (χ1) is 9.13. The minimum Gasteiger partial charge on any atom is -0.382 e. The zero-order valence-electron chi connectivity index (χ0n) is 11.6. The summed E-state index contributed by atoms with van der Waals surface area (Å²) in [6.07, 6.45) is -4.44. The zero-order valence-corrected chi connectivity index (χ0v) is 11.6. The van der Waals surface area contributed by atoms with Gasteiger partial charge in [-0.1, -0.05) is 0 Å². The Morgan fingerprint density at radius 3 is 2.40 bits per heavy atom. The van der Waals surface area contributed by atoms with Crippen LogP contribution in [0.25, 0.3) is 0 Å². The molecule has 0 unspecified atom stereocenters. The van der Waals surface area contributed by atoms with Gasteiger partial charge in [0.25, 0.3) is 0 Å². The van der Waals surface area contributed by atoms with Crippen LogP contribution in [0.4, 0.5) is 18.9 Å². The van der Waals surface area contributed by atoms with Crippen molar-refractivity contribution in [2.24, 2.45) is 0 Å². The first-order valence-corrected chi connectivity index (χ1v) is 6.12. The van der Waals surface area contributed by atoms with E-state index in [9.17, 15) is 13.2 Å². The van der Waals surface area contributed by atoms with E-state index in [0.717, 1.165) is 12.1 Å². The van der Waals surface area contributed by atoms with Gasteiger partial charge in [0.05, 0.1) is 29.0 Å². The van der Waals surface area contributed by atoms with E-state index in [1.54, 1.807) is 6.07 Å². The van der Waals surface area contributed by atoms with Gasteiger partial charge < -0.3 is 10.1 Å². The fourth-order valence-electron chi connectivity index (χ4n) is 1.51. The first-order valence-electron chi connectivity index (χ1n) is 6.12. The number of halogens is 3. The van der Waals surface area contributed by atoms with Crippen molar-refractivity contribution in [3.63, 3.8) is 0 Å². The summed E-state index contributed by atoms with van der Waals surface area (Å²) in [4.78, 5) is 0. The van der Waals surface area contributed by atoms with Crippen LogP contribution in [0.5, 0.6) is 0 Å². The van der Waals surface area contributed by atoms with Crippen LogP contribution in [-0.4, -0.2) is 18.8 Å². The van der Waals surface area contributed by atoms with Gasteiger partial charge in [-0.25, -0.2) is 0 Å². The van der Waals surface area contributed by atoms with E-state index < -0.39 is 11.7 Å². The highest BCUT2D eigenvalue weighted by Crippen LogP contribution is 2.31. The Bertz CT molecular complexity index is 499. The Hall–Kier alpha value is -1.74. The monoisotopic (exact) mass is 286 g/mol. The minimum absolute atomic E-state index is 0.0319. The van der Waals surface area contributed by atoms with Gasteiger partial charge in [0, 0.05) is 6.54 Å². The molecular formula is C14H17F3N2O.